The second kappa shape index (κ2) is 11.5. The Morgan fingerprint density at radius 3 is 1.71 bits per heavy atom. The van der Waals surface area contributed by atoms with Crippen molar-refractivity contribution in [3.8, 4) is 22.3 Å². The van der Waals surface area contributed by atoms with E-state index in [1.54, 1.807) is 0 Å². The van der Waals surface area contributed by atoms with Gasteiger partial charge >= 0.3 is 0 Å². The van der Waals surface area contributed by atoms with E-state index in [0.29, 0.717) is 5.69 Å². The lowest BCUT2D eigenvalue weighted by Gasteiger charge is -2.26. The second-order valence-corrected chi connectivity index (χ2v) is 17.1. The smallest absolute Gasteiger partial charge is 0.192 e. The first-order valence-electron chi connectivity index (χ1n) is 16.8. The summed E-state index contributed by atoms with van der Waals surface area (Å²) in [5, 5.41) is 0. The van der Waals surface area contributed by atoms with Crippen LogP contribution in [0.3, 0.4) is 0 Å². The van der Waals surface area contributed by atoms with Crippen molar-refractivity contribution < 1.29 is 4.79 Å². The van der Waals surface area contributed by atoms with Gasteiger partial charge in [0.1, 0.15) is 5.69 Å². The molecule has 0 amide bonds. The molecule has 0 radical (unpaired) electrons. The summed E-state index contributed by atoms with van der Waals surface area (Å²) >= 11 is 2.35. The molecule has 0 spiro atoms. The summed E-state index contributed by atoms with van der Waals surface area (Å²) in [7, 11) is 0. The first kappa shape index (κ1) is 32.5. The van der Waals surface area contributed by atoms with Gasteiger partial charge < -0.3 is 9.97 Å². The predicted molar refractivity (Wildman–Crippen MR) is 207 cm³/mol. The summed E-state index contributed by atoms with van der Waals surface area (Å²) in [6.45, 7) is 17.6. The minimum atomic E-state index is -0.743. The van der Waals surface area contributed by atoms with E-state index in [4.69, 9.17) is 9.97 Å². The molecule has 7 rings (SSSR count). The maximum atomic E-state index is 13.7. The van der Waals surface area contributed by atoms with Gasteiger partial charge in [-0.1, -0.05) is 71.9 Å². The number of aromatic nitrogens is 4. The average Bonchev–Trinajstić information content (AvgIpc) is 3.81. The molecule has 2 aliphatic rings. The van der Waals surface area contributed by atoms with Crippen LogP contribution in [0.5, 0.6) is 0 Å². The largest absolute Gasteiger partial charge is 0.355 e. The van der Waals surface area contributed by atoms with Crippen molar-refractivity contribution in [2.24, 2.45) is 0 Å². The third-order valence-electron chi connectivity index (χ3n) is 9.75. The summed E-state index contributed by atoms with van der Waals surface area (Å²) in [5.41, 5.74) is 13.4. The number of hydrogen-bond donors (Lipinski definition) is 2. The first-order chi connectivity index (χ1) is 22.6. The number of benzene rings is 2. The fourth-order valence-electron chi connectivity index (χ4n) is 6.73. The minimum Gasteiger partial charge on any atom is -0.355 e. The molecule has 0 unspecified atom stereocenters. The highest BCUT2D eigenvalue weighted by Crippen LogP contribution is 2.39. The lowest BCUT2D eigenvalue weighted by Crippen LogP contribution is -2.23. The molecule has 2 aliphatic heterocycles. The molecule has 0 atom stereocenters. The zero-order valence-corrected chi connectivity index (χ0v) is 31.3. The number of hydrogen-bond acceptors (Lipinski definition) is 3. The van der Waals surface area contributed by atoms with Crippen molar-refractivity contribution >= 4 is 50.4 Å². The predicted octanol–water partition coefficient (Wildman–Crippen LogP) is 10.8. The van der Waals surface area contributed by atoms with Gasteiger partial charge in [0.05, 0.1) is 22.5 Å². The Morgan fingerprint density at radius 2 is 1.17 bits per heavy atom. The van der Waals surface area contributed by atoms with Gasteiger partial charge in [0.2, 0.25) is 0 Å². The van der Waals surface area contributed by atoms with Gasteiger partial charge in [-0.3, -0.25) is 9.78 Å². The van der Waals surface area contributed by atoms with E-state index in [1.807, 2.05) is 32.0 Å². The number of aryl methyl sites for hydroxylation is 2. The fraction of sp³-hybridized carbons (Fsp3) is 0.310. The van der Waals surface area contributed by atoms with E-state index < -0.39 is 5.41 Å². The van der Waals surface area contributed by atoms with Gasteiger partial charge in [-0.15, -0.1) is 0 Å². The van der Waals surface area contributed by atoms with Gasteiger partial charge in [0.25, 0.3) is 0 Å². The van der Waals surface area contributed by atoms with Crippen LogP contribution in [0.2, 0.25) is 0 Å². The quantitative estimate of drug-likeness (QED) is 0.177. The van der Waals surface area contributed by atoms with Crippen molar-refractivity contribution in [3.63, 3.8) is 0 Å². The van der Waals surface area contributed by atoms with Gasteiger partial charge in [-0.2, -0.15) is 0 Å². The fourth-order valence-corrected chi connectivity index (χ4v) is 7.09. The summed E-state index contributed by atoms with van der Waals surface area (Å²) < 4.78 is 1.18. The monoisotopic (exact) mass is 746 g/mol. The van der Waals surface area contributed by atoms with Crippen LogP contribution in [0.1, 0.15) is 94.1 Å². The van der Waals surface area contributed by atoms with Crippen molar-refractivity contribution in [2.45, 2.75) is 84.5 Å². The Balaban J connectivity index is 1.64. The van der Waals surface area contributed by atoms with Gasteiger partial charge in [-0.05, 0) is 131 Å². The molecule has 5 heterocycles. The van der Waals surface area contributed by atoms with Gasteiger partial charge in [-0.25, -0.2) is 4.98 Å². The third kappa shape index (κ3) is 5.93. The number of rotatable bonds is 2. The summed E-state index contributed by atoms with van der Waals surface area (Å²) in [6.07, 6.45) is 1.65. The topological polar surface area (TPSA) is 74.4 Å². The summed E-state index contributed by atoms with van der Waals surface area (Å²) in [4.78, 5) is 31.4. The van der Waals surface area contributed by atoms with E-state index in [0.717, 1.165) is 68.7 Å². The molecule has 8 bridgehead atoms. The molecule has 5 aromatic rings. The number of Topliss-reactive ketones (excluding diaryl/α,β-unsaturated/α-hetero) is 1. The molecule has 0 saturated heterocycles. The number of carbonyl (C=O) groups excluding carboxylic acids is 1. The van der Waals surface area contributed by atoms with Crippen LogP contribution in [0.15, 0.2) is 78.9 Å². The van der Waals surface area contributed by atoms with Gasteiger partial charge in [0, 0.05) is 36.8 Å². The molecule has 6 heteroatoms. The van der Waals surface area contributed by atoms with E-state index in [-0.39, 0.29) is 16.6 Å². The number of halogens is 1. The summed E-state index contributed by atoms with van der Waals surface area (Å²) in [5.74, 6) is 0.0165. The maximum absolute atomic E-state index is 13.7. The zero-order valence-electron chi connectivity index (χ0n) is 29.1. The Labute approximate surface area is 296 Å². The Kier molecular flexibility index (Phi) is 7.81. The minimum absolute atomic E-state index is 0.0165. The molecular formula is C42H43IN4O. The van der Waals surface area contributed by atoms with E-state index in [9.17, 15) is 4.79 Å². The molecule has 0 fully saturated rings. The molecule has 0 aliphatic carbocycles. The lowest BCUT2D eigenvalue weighted by atomic mass is 9.78. The highest BCUT2D eigenvalue weighted by molar-refractivity contribution is 14.1. The zero-order chi connectivity index (χ0) is 34.2. The molecule has 0 saturated carbocycles. The number of nitrogens with one attached hydrogen (secondary N) is 2. The molecule has 244 valence electrons. The highest BCUT2D eigenvalue weighted by atomic mass is 127. The molecular weight excluding hydrogens is 703 g/mol. The Hall–Kier alpha value is -4.04. The number of ketones is 1. The molecule has 5 nitrogen and oxygen atoms in total. The number of fused-ring (bicyclic) bond motifs is 8. The lowest BCUT2D eigenvalue weighted by molar-refractivity contribution is 0.0919. The van der Waals surface area contributed by atoms with Crippen LogP contribution >= 0.6 is 22.6 Å². The van der Waals surface area contributed by atoms with E-state index in [1.165, 1.54) is 20.3 Å². The average molecular weight is 747 g/mol. The highest BCUT2D eigenvalue weighted by Gasteiger charge is 2.38. The maximum Gasteiger partial charge on any atom is 0.192 e. The number of nitrogens with zero attached hydrogens (tertiary/aromatic N) is 2. The van der Waals surface area contributed by atoms with Crippen molar-refractivity contribution in [2.75, 3.05) is 0 Å². The summed E-state index contributed by atoms with van der Waals surface area (Å²) in [6, 6.07) is 28.0. The van der Waals surface area contributed by atoms with Crippen LogP contribution in [-0.4, -0.2) is 25.7 Å². The molecule has 2 aromatic carbocycles. The Morgan fingerprint density at radius 1 is 0.646 bits per heavy atom. The number of carbonyl (C=O) groups is 1. The number of aromatic amines is 2. The third-order valence-corrected chi connectivity index (χ3v) is 10.5. The first-order valence-corrected chi connectivity index (χ1v) is 17.9. The molecule has 48 heavy (non-hydrogen) atoms. The second-order valence-electron chi connectivity index (χ2n) is 15.8. The SMILES string of the molecule is CC(C)(C)c1cc(-c2c3nc(c(-c4ccc(I)cc4)c4ccc(cc5nc(cc6ccc2[nH]6)C(C)(C)C5=O)[nH]4)CC3)cc(C(C)(C)C)c1. The standard InChI is InChI=1S/C42H43IN4O/c1-40(2,3)26-19-25(20-27(21-26)41(4,5)6)38-32-16-14-30(45-32)23-36-42(7,8)39(48)35(47-36)22-29-13-15-31(44-29)37(33-17-18-34(38)46-33)24-9-11-28(43)12-10-24/h9-16,19-23,44-45H,17-18H2,1-8H3. The van der Waals surface area contributed by atoms with Crippen LogP contribution in [0.25, 0.3) is 44.3 Å². The van der Waals surface area contributed by atoms with Gasteiger partial charge in [0.15, 0.2) is 5.78 Å². The van der Waals surface area contributed by atoms with E-state index in [2.05, 4.69) is 135 Å². The van der Waals surface area contributed by atoms with Crippen molar-refractivity contribution in [1.82, 2.24) is 19.9 Å². The van der Waals surface area contributed by atoms with Crippen LogP contribution < -0.4 is 0 Å². The van der Waals surface area contributed by atoms with Crippen molar-refractivity contribution in [3.05, 3.63) is 116 Å². The number of H-pyrrole nitrogens is 2. The molecule has 2 N–H and O–H groups in total. The Bertz CT molecular complexity index is 2220. The van der Waals surface area contributed by atoms with Crippen molar-refractivity contribution in [1.29, 1.82) is 0 Å². The molecule has 3 aromatic heterocycles. The normalized spacial score (nSPS) is 14.8. The van der Waals surface area contributed by atoms with Crippen LogP contribution in [0, 0.1) is 3.57 Å². The van der Waals surface area contributed by atoms with E-state index >= 15 is 0 Å². The van der Waals surface area contributed by atoms with Crippen LogP contribution in [-0.2, 0) is 29.1 Å². The van der Waals surface area contributed by atoms with Crippen LogP contribution in [0.4, 0.5) is 0 Å².